The Labute approximate surface area is 124 Å². The lowest BCUT2D eigenvalue weighted by Gasteiger charge is -2.24. The molecule has 2 aliphatic heterocycles. The van der Waals surface area contributed by atoms with Crippen molar-refractivity contribution in [3.05, 3.63) is 24.0 Å². The lowest BCUT2D eigenvalue weighted by atomic mass is 9.83. The van der Waals surface area contributed by atoms with Crippen LogP contribution in [0, 0.1) is 11.3 Å². The van der Waals surface area contributed by atoms with E-state index >= 15 is 0 Å². The number of hydrogen-bond acceptors (Lipinski definition) is 4. The quantitative estimate of drug-likeness (QED) is 0.810. The van der Waals surface area contributed by atoms with Crippen molar-refractivity contribution in [1.82, 2.24) is 14.6 Å². The fourth-order valence-electron chi connectivity index (χ4n) is 3.44. The number of anilines is 1. The molecule has 4 heterocycles. The van der Waals surface area contributed by atoms with Gasteiger partial charge in [-0.15, -0.1) is 0 Å². The Morgan fingerprint density at radius 3 is 2.91 bits per heavy atom. The van der Waals surface area contributed by atoms with Crippen LogP contribution in [0.25, 0.3) is 5.65 Å². The topological polar surface area (TPSA) is 42.7 Å². The minimum atomic E-state index is -4.40. The van der Waals surface area contributed by atoms with Crippen molar-refractivity contribution in [3.8, 4) is 0 Å². The second kappa shape index (κ2) is 4.34. The Kier molecular flexibility index (Phi) is 2.73. The van der Waals surface area contributed by atoms with Crippen molar-refractivity contribution in [2.75, 3.05) is 31.2 Å². The number of fused-ring (bicyclic) bond motifs is 2. The van der Waals surface area contributed by atoms with E-state index in [4.69, 9.17) is 4.74 Å². The van der Waals surface area contributed by atoms with Crippen LogP contribution in [0.4, 0.5) is 19.0 Å². The summed E-state index contributed by atoms with van der Waals surface area (Å²) in [5.41, 5.74) is -0.494. The summed E-state index contributed by atoms with van der Waals surface area (Å²) in [6.07, 6.45) is -3.12. The lowest BCUT2D eigenvalue weighted by molar-refractivity contribution is -0.137. The minimum Gasteiger partial charge on any atom is -0.380 e. The normalized spacial score (nSPS) is 28.5. The van der Waals surface area contributed by atoms with Crippen LogP contribution in [0.3, 0.4) is 0 Å². The first-order chi connectivity index (χ1) is 10.4. The van der Waals surface area contributed by atoms with Crippen LogP contribution in [0.1, 0.15) is 12.5 Å². The summed E-state index contributed by atoms with van der Waals surface area (Å²) in [5.74, 6) is 0.776. The third-order valence-corrected chi connectivity index (χ3v) is 4.74. The van der Waals surface area contributed by atoms with Gasteiger partial charge < -0.3 is 9.64 Å². The van der Waals surface area contributed by atoms with E-state index in [0.717, 1.165) is 12.1 Å². The lowest BCUT2D eigenvalue weighted by Crippen LogP contribution is -2.28. The molecular weight excluding hydrogens is 297 g/mol. The molecule has 2 unspecified atom stereocenters. The fraction of sp³-hybridized carbons (Fsp3) is 0.571. The van der Waals surface area contributed by atoms with Gasteiger partial charge in [-0.25, -0.2) is 4.98 Å². The van der Waals surface area contributed by atoms with E-state index < -0.39 is 11.7 Å². The molecule has 0 saturated carbocycles. The molecule has 2 aromatic heterocycles. The molecule has 2 saturated heterocycles. The molecule has 2 aliphatic rings. The zero-order valence-corrected chi connectivity index (χ0v) is 12.0. The Morgan fingerprint density at radius 2 is 2.18 bits per heavy atom. The van der Waals surface area contributed by atoms with Gasteiger partial charge in [0.1, 0.15) is 12.1 Å². The molecule has 0 spiro atoms. The highest BCUT2D eigenvalue weighted by Gasteiger charge is 2.48. The van der Waals surface area contributed by atoms with Crippen molar-refractivity contribution >= 4 is 11.5 Å². The molecule has 0 amide bonds. The zero-order valence-electron chi connectivity index (χ0n) is 12.0. The van der Waals surface area contributed by atoms with Crippen molar-refractivity contribution in [2.24, 2.45) is 11.3 Å². The predicted octanol–water partition coefficient (Wildman–Crippen LogP) is 2.22. The van der Waals surface area contributed by atoms with Crippen LogP contribution in [0.15, 0.2) is 18.5 Å². The van der Waals surface area contributed by atoms with Gasteiger partial charge >= 0.3 is 6.18 Å². The molecule has 0 aromatic carbocycles. The van der Waals surface area contributed by atoms with E-state index in [9.17, 15) is 13.2 Å². The maximum absolute atomic E-state index is 13.1. The second-order valence-corrected chi connectivity index (χ2v) is 6.38. The largest absolute Gasteiger partial charge is 0.416 e. The van der Waals surface area contributed by atoms with Gasteiger partial charge in [-0.05, 0) is 12.1 Å². The van der Waals surface area contributed by atoms with E-state index in [1.54, 1.807) is 0 Å². The average molecular weight is 312 g/mol. The van der Waals surface area contributed by atoms with Gasteiger partial charge in [0, 0.05) is 24.4 Å². The molecule has 2 fully saturated rings. The first kappa shape index (κ1) is 13.8. The third kappa shape index (κ3) is 1.97. The van der Waals surface area contributed by atoms with E-state index in [2.05, 4.69) is 17.0 Å². The number of ether oxygens (including phenoxy) is 1. The van der Waals surface area contributed by atoms with Gasteiger partial charge in [-0.1, -0.05) is 6.92 Å². The number of rotatable bonds is 1. The number of pyridine rings is 1. The first-order valence-corrected chi connectivity index (χ1v) is 7.10. The molecule has 2 aromatic rings. The highest BCUT2D eigenvalue weighted by atomic mass is 19.4. The van der Waals surface area contributed by atoms with E-state index in [-0.39, 0.29) is 11.1 Å². The van der Waals surface area contributed by atoms with Crippen LogP contribution in [-0.2, 0) is 10.9 Å². The summed E-state index contributed by atoms with van der Waals surface area (Å²) in [4.78, 5) is 5.88. The second-order valence-electron chi connectivity index (χ2n) is 6.38. The first-order valence-electron chi connectivity index (χ1n) is 7.10. The third-order valence-electron chi connectivity index (χ3n) is 4.74. The van der Waals surface area contributed by atoms with Gasteiger partial charge in [0.2, 0.25) is 0 Å². The molecular formula is C14H15F3N4O. The molecule has 2 atom stereocenters. The number of halogens is 3. The predicted molar refractivity (Wildman–Crippen MR) is 72.6 cm³/mol. The number of nitrogens with zero attached hydrogens (tertiary/aromatic N) is 4. The SMILES string of the molecule is CC12COCC1CN(c1cc(C(F)(F)F)cc3ncnn13)C2. The van der Waals surface area contributed by atoms with Gasteiger partial charge in [0.25, 0.3) is 0 Å². The van der Waals surface area contributed by atoms with Crippen molar-refractivity contribution in [1.29, 1.82) is 0 Å². The fourth-order valence-corrected chi connectivity index (χ4v) is 3.44. The van der Waals surface area contributed by atoms with E-state index in [1.165, 1.54) is 10.8 Å². The molecule has 8 heteroatoms. The molecule has 0 bridgehead atoms. The van der Waals surface area contributed by atoms with Crippen molar-refractivity contribution < 1.29 is 17.9 Å². The number of alkyl halides is 3. The van der Waals surface area contributed by atoms with Gasteiger partial charge in [-0.2, -0.15) is 22.8 Å². The Hall–Kier alpha value is -1.83. The standard InChI is InChI=1S/C14H15F3N4O/c1-13-6-20(4-10(13)5-22-7-13)12-3-9(14(15,16)17)2-11-18-8-19-21(11)12/h2-3,8,10H,4-7H2,1H3. The van der Waals surface area contributed by atoms with Gasteiger partial charge in [-0.3, -0.25) is 0 Å². The maximum Gasteiger partial charge on any atom is 0.416 e. The molecule has 0 N–H and O–H groups in total. The Bertz CT molecular complexity index is 728. The molecule has 118 valence electrons. The summed E-state index contributed by atoms with van der Waals surface area (Å²) >= 11 is 0. The molecule has 5 nitrogen and oxygen atoms in total. The average Bonchev–Trinajstić information content (AvgIpc) is 3.08. The van der Waals surface area contributed by atoms with Crippen molar-refractivity contribution in [2.45, 2.75) is 13.1 Å². The summed E-state index contributed by atoms with van der Waals surface area (Å²) in [6.45, 7) is 4.76. The van der Waals surface area contributed by atoms with E-state index in [0.29, 0.717) is 38.0 Å². The van der Waals surface area contributed by atoms with Gasteiger partial charge in [0.15, 0.2) is 5.65 Å². The smallest absolute Gasteiger partial charge is 0.380 e. The highest BCUT2D eigenvalue weighted by Crippen LogP contribution is 2.43. The highest BCUT2D eigenvalue weighted by molar-refractivity contribution is 5.55. The molecule has 22 heavy (non-hydrogen) atoms. The zero-order chi connectivity index (χ0) is 15.5. The molecule has 0 radical (unpaired) electrons. The van der Waals surface area contributed by atoms with Crippen LogP contribution >= 0.6 is 0 Å². The number of aromatic nitrogens is 3. The van der Waals surface area contributed by atoms with Crippen molar-refractivity contribution in [3.63, 3.8) is 0 Å². The van der Waals surface area contributed by atoms with Crippen LogP contribution in [-0.4, -0.2) is 40.9 Å². The number of hydrogen-bond donors (Lipinski definition) is 0. The van der Waals surface area contributed by atoms with Gasteiger partial charge in [0.05, 0.1) is 18.8 Å². The van der Waals surface area contributed by atoms with Crippen LogP contribution in [0.5, 0.6) is 0 Å². The minimum absolute atomic E-state index is 0.0128. The van der Waals surface area contributed by atoms with E-state index in [1.807, 2.05) is 4.90 Å². The monoisotopic (exact) mass is 312 g/mol. The van der Waals surface area contributed by atoms with Crippen LogP contribution < -0.4 is 4.90 Å². The summed E-state index contributed by atoms with van der Waals surface area (Å²) in [6, 6.07) is 2.19. The van der Waals surface area contributed by atoms with Crippen LogP contribution in [0.2, 0.25) is 0 Å². The summed E-state index contributed by atoms with van der Waals surface area (Å²) in [7, 11) is 0. The molecule has 0 aliphatic carbocycles. The summed E-state index contributed by atoms with van der Waals surface area (Å²) in [5, 5.41) is 4.07. The maximum atomic E-state index is 13.1. The Morgan fingerprint density at radius 1 is 1.36 bits per heavy atom. The summed E-state index contributed by atoms with van der Waals surface area (Å²) < 4.78 is 46.3. The molecule has 4 rings (SSSR count). The Balaban J connectivity index is 1.80.